The summed E-state index contributed by atoms with van der Waals surface area (Å²) in [6.45, 7) is 6.80. The van der Waals surface area contributed by atoms with Gasteiger partial charge >= 0.3 is 5.97 Å². The zero-order valence-corrected chi connectivity index (χ0v) is 87.3. The zero-order chi connectivity index (χ0) is 103. The Balaban J connectivity index is 0.000000233. The number of amides is 3. The fourth-order valence-electron chi connectivity index (χ4n) is 14.7. The Morgan fingerprint density at radius 3 is 0.707 bits per heavy atom. The topological polar surface area (TPSA) is 454 Å². The molecule has 35 heteroatoms. The molecule has 0 radical (unpaired) electrons. The van der Waals surface area contributed by atoms with E-state index < -0.39 is 36.3 Å². The second-order valence-corrected chi connectivity index (χ2v) is 36.2. The summed E-state index contributed by atoms with van der Waals surface area (Å²) < 4.78 is 81.7. The number of rotatable bonds is 29. The van der Waals surface area contributed by atoms with E-state index in [2.05, 4.69) is 226 Å². The first-order valence-electron chi connectivity index (χ1n) is 46.5. The average molecular weight is 2200 g/mol. The van der Waals surface area contributed by atoms with Crippen LogP contribution < -0.4 is 16.0 Å². The van der Waals surface area contributed by atoms with Gasteiger partial charge in [-0.1, -0.05) is 196 Å². The molecular weight excluding hydrogens is 2090 g/mol. The minimum atomic E-state index is -3.92. The van der Waals surface area contributed by atoms with E-state index in [-0.39, 0.29) is 75.9 Å². The molecule has 0 saturated heterocycles. The van der Waals surface area contributed by atoms with Gasteiger partial charge in [0.15, 0.2) is 0 Å². The number of carboxylic acids is 1. The predicted octanol–water partition coefficient (Wildman–Crippen LogP) is 18.9. The van der Waals surface area contributed by atoms with E-state index >= 15 is 0 Å². The summed E-state index contributed by atoms with van der Waals surface area (Å²) in [5, 5.41) is 22.1. The van der Waals surface area contributed by atoms with E-state index in [0.29, 0.717) is 83.7 Å². The molecule has 30 nitrogen and oxygen atoms in total. The second kappa shape index (κ2) is 62.6. The molecule has 0 unspecified atom stereocenters. The Morgan fingerprint density at radius 1 is 0.272 bits per heavy atom. The maximum Gasteiger partial charge on any atom is 0.303 e. The van der Waals surface area contributed by atoms with Crippen molar-refractivity contribution in [3.63, 3.8) is 0 Å². The molecule has 0 atom stereocenters. The minimum absolute atomic E-state index is 0. The van der Waals surface area contributed by atoms with Gasteiger partial charge in [-0.3, -0.25) is 83.9 Å². The van der Waals surface area contributed by atoms with Crippen LogP contribution in [0.15, 0.2) is 378 Å². The normalized spacial score (nSPS) is 10.6. The molecule has 18 rings (SSSR count). The monoisotopic (exact) mass is 2200 g/mol. The number of nitrogens with zero attached hydrogens (tertiary/aromatic N) is 13. The SMILES string of the molecule is CC.CS(=O)(=O)[O-].CS(=O)(=O)[O-].CS(=O)(=O)[O-].O=C(O)CCCC(=O)NCCN(CCNC(=O)CCCc1ccnc(-c2ccccn2)c1)CCNC(=O)CCCc1ccnc(-c2ccccn2)c1.[Ru].[Ru].c1ccc(-c2ccccn2)nc1.c1ccc(-c2ccccn2)nc1.c1ccc(-c2ccnc3c2ccc2c(-c4ccccc4)ccnc23)cc1.c1ccc(-c2ccnc3c2ccc2c(-c4ccccc4)ccnc23)cc1. The van der Waals surface area contributed by atoms with Crippen LogP contribution in [0, 0.1) is 0 Å². The first kappa shape index (κ1) is 117. The fourth-order valence-corrected chi connectivity index (χ4v) is 14.7. The van der Waals surface area contributed by atoms with Crippen LogP contribution in [-0.2, 0) is 101 Å². The molecule has 0 aliphatic rings. The van der Waals surface area contributed by atoms with Crippen LogP contribution in [0.5, 0.6) is 0 Å². The smallest absolute Gasteiger partial charge is 0.303 e. The Bertz CT molecular complexity index is 6720. The van der Waals surface area contributed by atoms with E-state index in [9.17, 15) is 19.2 Å². The molecule has 3 amide bonds. The van der Waals surface area contributed by atoms with Gasteiger partial charge in [0.2, 0.25) is 17.7 Å². The van der Waals surface area contributed by atoms with Crippen molar-refractivity contribution in [1.82, 2.24) is 80.7 Å². The number of hydrogen-bond acceptors (Lipinski definition) is 26. The van der Waals surface area contributed by atoms with E-state index in [0.717, 1.165) is 113 Å². The third-order valence-corrected chi connectivity index (χ3v) is 21.1. The van der Waals surface area contributed by atoms with Crippen LogP contribution in [0.25, 0.3) is 134 Å². The number of aliphatic carboxylic acids is 1. The number of fused-ring (bicyclic) bond motifs is 6. The van der Waals surface area contributed by atoms with Crippen molar-refractivity contribution in [2.45, 2.75) is 71.6 Å². The molecule has 12 heterocycles. The number of pyridine rings is 12. The number of aromatic nitrogens is 12. The minimum Gasteiger partial charge on any atom is -0.748 e. The van der Waals surface area contributed by atoms with Gasteiger partial charge in [0.05, 0.1) is 98.0 Å². The summed E-state index contributed by atoms with van der Waals surface area (Å²) in [6, 6.07) is 101. The van der Waals surface area contributed by atoms with Crippen LogP contribution in [-0.4, -0.2) is 190 Å². The predicted molar refractivity (Wildman–Crippen MR) is 567 cm³/mol. The van der Waals surface area contributed by atoms with Crippen LogP contribution >= 0.6 is 0 Å². The molecule has 12 aromatic heterocycles. The van der Waals surface area contributed by atoms with Crippen molar-refractivity contribution in [3.8, 4) is 90.1 Å². The number of hydrogen-bond donors (Lipinski definition) is 4. The van der Waals surface area contributed by atoms with Crippen molar-refractivity contribution in [2.75, 3.05) is 58.0 Å². The Labute approximate surface area is 882 Å². The molecule has 0 saturated carbocycles. The van der Waals surface area contributed by atoms with Gasteiger partial charge in [0.1, 0.15) is 0 Å². The molecule has 18 aromatic rings. The van der Waals surface area contributed by atoms with E-state index in [1.54, 1.807) is 49.6 Å². The van der Waals surface area contributed by atoms with Gasteiger partial charge in [0.25, 0.3) is 0 Å². The summed E-state index contributed by atoms with van der Waals surface area (Å²) in [6.07, 6.45) is 27.4. The van der Waals surface area contributed by atoms with E-state index in [4.69, 9.17) is 44.0 Å². The molecule has 4 N–H and O–H groups in total. The summed E-state index contributed by atoms with van der Waals surface area (Å²) in [7, 11) is -11.8. The van der Waals surface area contributed by atoms with E-state index in [1.165, 1.54) is 44.5 Å². The fraction of sp³-hybridized carbons (Fsp3) is 0.179. The third kappa shape index (κ3) is 42.3. The van der Waals surface area contributed by atoms with Crippen molar-refractivity contribution in [1.29, 1.82) is 0 Å². The van der Waals surface area contributed by atoms with Crippen LogP contribution in [0.3, 0.4) is 0 Å². The van der Waals surface area contributed by atoms with Gasteiger partial charge in [-0.15, -0.1) is 0 Å². The molecule has 6 aromatic carbocycles. The Morgan fingerprint density at radius 2 is 0.483 bits per heavy atom. The number of benzene rings is 6. The molecule has 147 heavy (non-hydrogen) atoms. The van der Waals surface area contributed by atoms with Crippen LogP contribution in [0.2, 0.25) is 0 Å². The summed E-state index contributed by atoms with van der Waals surface area (Å²) >= 11 is 0. The first-order valence-corrected chi connectivity index (χ1v) is 52.0. The van der Waals surface area contributed by atoms with Crippen molar-refractivity contribution in [2.24, 2.45) is 0 Å². The molecule has 0 aliphatic carbocycles. The van der Waals surface area contributed by atoms with Gasteiger partial charge in [-0.05, 0) is 209 Å². The Hall–Kier alpha value is -15.0. The van der Waals surface area contributed by atoms with Crippen molar-refractivity contribution in [3.05, 3.63) is 389 Å². The van der Waals surface area contributed by atoms with Gasteiger partial charge in [-0.2, -0.15) is 0 Å². The first-order chi connectivity index (χ1) is 70.1. The summed E-state index contributed by atoms with van der Waals surface area (Å²) in [4.78, 5) is 103. The van der Waals surface area contributed by atoms with Crippen LogP contribution in [0.4, 0.5) is 0 Å². The average Bonchev–Trinajstić information content (AvgIpc) is 0.760. The van der Waals surface area contributed by atoms with Gasteiger partial charge in [-0.25, -0.2) is 25.3 Å². The van der Waals surface area contributed by atoms with Gasteiger partial charge < -0.3 is 34.7 Å². The maximum atomic E-state index is 12.6. The number of nitrogens with one attached hydrogen (secondary N) is 3. The number of carbonyl (C=O) groups is 4. The second-order valence-electron chi connectivity index (χ2n) is 32.0. The largest absolute Gasteiger partial charge is 0.748 e. The van der Waals surface area contributed by atoms with Crippen LogP contribution in [0.1, 0.15) is 69.9 Å². The molecule has 0 aliphatic heterocycles. The summed E-state index contributed by atoms with van der Waals surface area (Å²) in [5.74, 6) is -1.21. The van der Waals surface area contributed by atoms with Gasteiger partial charge in [0, 0.05) is 219 Å². The molecule has 0 bridgehead atoms. The van der Waals surface area contributed by atoms with Crippen molar-refractivity contribution < 1.29 is 102 Å². The standard InChI is InChI=1S/C39H48N8O5.2C24H16N2.2C10H8N2.C2H6.3CH4O3S.2Ru/c48-36(12-5-8-30-16-20-42-34(28-30)32-10-1-3-18-40-32)44-22-25-47(27-24-46-38(50)14-7-15-39(51)52)26-23-45-37(49)13-6-9-31-17-21-43-35(29-31)33-11-2-4-19-41-33;2*1-3-7-17(8-4-1)19-13-15-25-23-21(19)11-12-22-20(14-16-26-24(22)23)18-9-5-2-6-10-18;2*1-3-7-11-9(5-1)10-6-2-4-8-12-10;1-2;3*1-5(2,3)4;;/h1-4,10-11,16-21,28-29H,5-9,12-15,22-27H2,(H,44,48)(H,45,49)(H,46,50)(H,51,52);2*1-16H;2*1-8H;1-2H3;3*1H3,(H,2,3,4);;/p-3. The van der Waals surface area contributed by atoms with Crippen molar-refractivity contribution >= 4 is 97.7 Å². The summed E-state index contributed by atoms with van der Waals surface area (Å²) in [5.41, 5.74) is 22.4. The molecule has 760 valence electrons. The number of carboxylic acid groups (broad SMARTS) is 1. The quantitative estimate of drug-likeness (QED) is 0.0192. The molecule has 0 fully saturated rings. The maximum absolute atomic E-state index is 12.6. The number of aryl methyl sites for hydroxylation is 2. The zero-order valence-electron chi connectivity index (χ0n) is 81.4. The number of carbonyl (C=O) groups excluding carboxylic acids is 3. The third-order valence-electron chi connectivity index (χ3n) is 21.1. The van der Waals surface area contributed by atoms with E-state index in [1.807, 2.05) is 196 Å². The molecule has 0 spiro atoms. The molecular formula is C112H111N16O14Ru2S3-3. The Kier molecular flexibility index (Phi) is 49.9.